The van der Waals surface area contributed by atoms with E-state index in [1.165, 1.54) is 5.56 Å². The fourth-order valence-electron chi connectivity index (χ4n) is 2.20. The molecule has 0 saturated heterocycles. The van der Waals surface area contributed by atoms with E-state index in [1.807, 2.05) is 0 Å². The summed E-state index contributed by atoms with van der Waals surface area (Å²) in [6.45, 7) is 2.93. The minimum absolute atomic E-state index is 0.396. The average molecular weight is 285 g/mol. The fraction of sp³-hybridized carbons (Fsp3) is 0.538. The predicted octanol–water partition coefficient (Wildman–Crippen LogP) is 3.04. The standard InChI is InChI=1S/C13H21BrN2/c1-4-10(9-15)13(16(2)3)11-6-5-7-12(14)8-11/h5-8,10,13H,4,9,15H2,1-3H3. The van der Waals surface area contributed by atoms with Crippen LogP contribution in [0.25, 0.3) is 0 Å². The maximum Gasteiger partial charge on any atom is 0.0382 e. The van der Waals surface area contributed by atoms with Crippen LogP contribution in [0.4, 0.5) is 0 Å². The maximum atomic E-state index is 5.86. The van der Waals surface area contributed by atoms with Crippen molar-refractivity contribution in [1.82, 2.24) is 4.90 Å². The molecule has 3 heteroatoms. The third-order valence-electron chi connectivity index (χ3n) is 3.02. The van der Waals surface area contributed by atoms with Crippen molar-refractivity contribution in [3.05, 3.63) is 34.3 Å². The zero-order valence-electron chi connectivity index (χ0n) is 10.3. The summed E-state index contributed by atoms with van der Waals surface area (Å²) < 4.78 is 1.13. The summed E-state index contributed by atoms with van der Waals surface area (Å²) in [6.07, 6.45) is 1.10. The molecular formula is C13H21BrN2. The van der Waals surface area contributed by atoms with Gasteiger partial charge in [-0.2, -0.15) is 0 Å². The Kier molecular flexibility index (Phi) is 5.46. The van der Waals surface area contributed by atoms with Gasteiger partial charge < -0.3 is 10.6 Å². The summed E-state index contributed by atoms with van der Waals surface area (Å²) in [7, 11) is 4.23. The Labute approximate surface area is 107 Å². The van der Waals surface area contributed by atoms with Gasteiger partial charge in [0, 0.05) is 10.5 Å². The molecule has 1 aromatic rings. The van der Waals surface area contributed by atoms with Crippen molar-refractivity contribution in [2.24, 2.45) is 11.7 Å². The van der Waals surface area contributed by atoms with Gasteiger partial charge in [-0.1, -0.05) is 41.4 Å². The fourth-order valence-corrected chi connectivity index (χ4v) is 2.62. The highest BCUT2D eigenvalue weighted by molar-refractivity contribution is 9.10. The van der Waals surface area contributed by atoms with Gasteiger partial charge in [-0.25, -0.2) is 0 Å². The van der Waals surface area contributed by atoms with Gasteiger partial charge >= 0.3 is 0 Å². The van der Waals surface area contributed by atoms with Gasteiger partial charge in [-0.3, -0.25) is 0 Å². The van der Waals surface area contributed by atoms with Gasteiger partial charge in [-0.15, -0.1) is 0 Å². The number of benzene rings is 1. The van der Waals surface area contributed by atoms with Gasteiger partial charge in [0.2, 0.25) is 0 Å². The Balaban J connectivity index is 3.02. The average Bonchev–Trinajstić information content (AvgIpc) is 2.24. The Morgan fingerprint density at radius 2 is 2.06 bits per heavy atom. The van der Waals surface area contributed by atoms with E-state index in [0.717, 1.165) is 17.4 Å². The highest BCUT2D eigenvalue weighted by atomic mass is 79.9. The van der Waals surface area contributed by atoms with Crippen LogP contribution in [-0.2, 0) is 0 Å². The van der Waals surface area contributed by atoms with Gasteiger partial charge in [0.15, 0.2) is 0 Å². The zero-order chi connectivity index (χ0) is 12.1. The second kappa shape index (κ2) is 6.38. The smallest absolute Gasteiger partial charge is 0.0382 e. The third-order valence-corrected chi connectivity index (χ3v) is 3.51. The van der Waals surface area contributed by atoms with Crippen LogP contribution in [0.15, 0.2) is 28.7 Å². The number of nitrogens with zero attached hydrogens (tertiary/aromatic N) is 1. The Morgan fingerprint density at radius 1 is 1.38 bits per heavy atom. The maximum absolute atomic E-state index is 5.86. The molecule has 0 bridgehead atoms. The molecule has 2 unspecified atom stereocenters. The molecule has 0 spiro atoms. The highest BCUT2D eigenvalue weighted by Crippen LogP contribution is 2.29. The molecule has 2 atom stereocenters. The minimum Gasteiger partial charge on any atom is -0.330 e. The summed E-state index contributed by atoms with van der Waals surface area (Å²) >= 11 is 3.52. The van der Waals surface area contributed by atoms with E-state index in [9.17, 15) is 0 Å². The minimum atomic E-state index is 0.396. The van der Waals surface area contributed by atoms with Crippen LogP contribution < -0.4 is 5.73 Å². The predicted molar refractivity (Wildman–Crippen MR) is 73.4 cm³/mol. The Morgan fingerprint density at radius 3 is 2.50 bits per heavy atom. The topological polar surface area (TPSA) is 29.3 Å². The molecule has 0 aromatic heterocycles. The second-order valence-corrected chi connectivity index (χ2v) is 5.28. The van der Waals surface area contributed by atoms with Gasteiger partial charge in [0.1, 0.15) is 0 Å². The normalized spacial score (nSPS) is 15.1. The van der Waals surface area contributed by atoms with Crippen LogP contribution in [0.5, 0.6) is 0 Å². The lowest BCUT2D eigenvalue weighted by molar-refractivity contribution is 0.211. The van der Waals surface area contributed by atoms with Crippen molar-refractivity contribution in [3.63, 3.8) is 0 Å². The number of hydrogen-bond donors (Lipinski definition) is 1. The molecular weight excluding hydrogens is 264 g/mol. The van der Waals surface area contributed by atoms with Crippen molar-refractivity contribution >= 4 is 15.9 Å². The van der Waals surface area contributed by atoms with Gasteiger partial charge in [0.25, 0.3) is 0 Å². The first-order valence-corrected chi connectivity index (χ1v) is 6.51. The van der Waals surface area contributed by atoms with Crippen LogP contribution in [0.1, 0.15) is 24.9 Å². The number of halogens is 1. The summed E-state index contributed by atoms with van der Waals surface area (Å²) in [5, 5.41) is 0. The number of nitrogens with two attached hydrogens (primary N) is 1. The van der Waals surface area contributed by atoms with Crippen LogP contribution in [0, 0.1) is 5.92 Å². The van der Waals surface area contributed by atoms with Crippen LogP contribution >= 0.6 is 15.9 Å². The van der Waals surface area contributed by atoms with E-state index in [1.54, 1.807) is 0 Å². The second-order valence-electron chi connectivity index (χ2n) is 4.37. The first-order valence-electron chi connectivity index (χ1n) is 5.72. The Bertz CT molecular complexity index is 321. The van der Waals surface area contributed by atoms with E-state index < -0.39 is 0 Å². The highest BCUT2D eigenvalue weighted by Gasteiger charge is 2.22. The van der Waals surface area contributed by atoms with E-state index in [4.69, 9.17) is 5.73 Å². The third kappa shape index (κ3) is 3.30. The lowest BCUT2D eigenvalue weighted by atomic mass is 9.90. The zero-order valence-corrected chi connectivity index (χ0v) is 11.9. The first-order chi connectivity index (χ1) is 7.60. The quantitative estimate of drug-likeness (QED) is 0.901. The van der Waals surface area contributed by atoms with Crippen LogP contribution in [-0.4, -0.2) is 25.5 Å². The molecule has 1 aromatic carbocycles. The summed E-state index contributed by atoms with van der Waals surface area (Å²) in [5.74, 6) is 0.504. The van der Waals surface area contributed by atoms with E-state index in [-0.39, 0.29) is 0 Å². The van der Waals surface area contributed by atoms with E-state index >= 15 is 0 Å². The molecule has 0 aliphatic rings. The SMILES string of the molecule is CCC(CN)C(c1cccc(Br)c1)N(C)C. The van der Waals surface area contributed by atoms with Crippen molar-refractivity contribution < 1.29 is 0 Å². The molecule has 90 valence electrons. The number of hydrogen-bond acceptors (Lipinski definition) is 2. The molecule has 16 heavy (non-hydrogen) atoms. The molecule has 0 aliphatic heterocycles. The van der Waals surface area contributed by atoms with Crippen LogP contribution in [0.2, 0.25) is 0 Å². The molecule has 1 rings (SSSR count). The van der Waals surface area contributed by atoms with Crippen molar-refractivity contribution in [3.8, 4) is 0 Å². The van der Waals surface area contributed by atoms with Gasteiger partial charge in [-0.05, 0) is 44.3 Å². The molecule has 0 saturated carbocycles. The lowest BCUT2D eigenvalue weighted by Gasteiger charge is -2.31. The number of rotatable bonds is 5. The van der Waals surface area contributed by atoms with E-state index in [0.29, 0.717) is 12.0 Å². The van der Waals surface area contributed by atoms with Gasteiger partial charge in [0.05, 0.1) is 0 Å². The van der Waals surface area contributed by atoms with Crippen molar-refractivity contribution in [2.75, 3.05) is 20.6 Å². The molecule has 0 amide bonds. The molecule has 2 nitrogen and oxygen atoms in total. The van der Waals surface area contributed by atoms with Crippen molar-refractivity contribution in [2.45, 2.75) is 19.4 Å². The molecule has 0 radical (unpaired) electrons. The largest absolute Gasteiger partial charge is 0.330 e. The van der Waals surface area contributed by atoms with Crippen LogP contribution in [0.3, 0.4) is 0 Å². The summed E-state index contributed by atoms with van der Waals surface area (Å²) in [5.41, 5.74) is 7.19. The molecule has 0 fully saturated rings. The lowest BCUT2D eigenvalue weighted by Crippen LogP contribution is -2.31. The van der Waals surface area contributed by atoms with Crippen molar-refractivity contribution in [1.29, 1.82) is 0 Å². The van der Waals surface area contributed by atoms with E-state index in [2.05, 4.69) is 66.1 Å². The summed E-state index contributed by atoms with van der Waals surface area (Å²) in [4.78, 5) is 2.25. The molecule has 2 N–H and O–H groups in total. The molecule has 0 heterocycles. The monoisotopic (exact) mass is 284 g/mol. The molecule has 0 aliphatic carbocycles. The summed E-state index contributed by atoms with van der Waals surface area (Å²) in [6, 6.07) is 8.89. The Hall–Kier alpha value is -0.380. The first kappa shape index (κ1) is 13.7.